The second-order valence-electron chi connectivity index (χ2n) is 4.95. The molecule has 2 rings (SSSR count). The van der Waals surface area contributed by atoms with E-state index in [9.17, 15) is 9.59 Å². The van der Waals surface area contributed by atoms with Crippen molar-refractivity contribution in [2.75, 3.05) is 11.9 Å². The lowest BCUT2D eigenvalue weighted by atomic mass is 10.1. The van der Waals surface area contributed by atoms with E-state index in [0.717, 1.165) is 25.5 Å². The molecule has 2 aromatic carbocycles. The lowest BCUT2D eigenvalue weighted by Gasteiger charge is -2.07. The topological polar surface area (TPSA) is 55.4 Å². The molecule has 0 heterocycles. The van der Waals surface area contributed by atoms with Crippen LogP contribution < -0.4 is 5.32 Å². The zero-order chi connectivity index (χ0) is 15.6. The van der Waals surface area contributed by atoms with E-state index in [-0.39, 0.29) is 0 Å². The highest BCUT2D eigenvalue weighted by Gasteiger charge is 2.03. The number of hydrogen-bond donors (Lipinski definition) is 1. The van der Waals surface area contributed by atoms with Crippen LogP contribution in [-0.2, 0) is 11.2 Å². The second kappa shape index (κ2) is 8.62. The van der Waals surface area contributed by atoms with Crippen LogP contribution >= 0.6 is 0 Å². The standard InChI is InChI=1S/C18H19NO3/c20-14-16-10-6-11-17(13-16)19-18(21)22-12-5-4-9-15-7-2-1-3-8-15/h1-3,6-8,10-11,13-14H,4-5,9,12H2,(H,19,21). The summed E-state index contributed by atoms with van der Waals surface area (Å²) >= 11 is 0. The molecule has 2 aromatic rings. The Bertz CT molecular complexity index is 611. The molecule has 0 spiro atoms. The minimum Gasteiger partial charge on any atom is -0.449 e. The van der Waals surface area contributed by atoms with Crippen molar-refractivity contribution < 1.29 is 14.3 Å². The fourth-order valence-corrected chi connectivity index (χ4v) is 2.08. The van der Waals surface area contributed by atoms with Gasteiger partial charge in [0, 0.05) is 11.3 Å². The molecule has 0 bridgehead atoms. The number of aldehydes is 1. The number of unbranched alkanes of at least 4 members (excludes halogenated alkanes) is 1. The lowest BCUT2D eigenvalue weighted by Crippen LogP contribution is -2.14. The van der Waals surface area contributed by atoms with Gasteiger partial charge in [0.05, 0.1) is 6.61 Å². The summed E-state index contributed by atoms with van der Waals surface area (Å²) in [6, 6.07) is 16.9. The number of carbonyl (C=O) groups excluding carboxylic acids is 2. The lowest BCUT2D eigenvalue weighted by molar-refractivity contribution is 0.112. The Kier molecular flexibility index (Phi) is 6.18. The van der Waals surface area contributed by atoms with Crippen LogP contribution in [0.25, 0.3) is 0 Å². The number of nitrogens with one attached hydrogen (secondary N) is 1. The first-order chi connectivity index (χ1) is 10.8. The third-order valence-corrected chi connectivity index (χ3v) is 3.20. The van der Waals surface area contributed by atoms with Crippen molar-refractivity contribution in [2.45, 2.75) is 19.3 Å². The Morgan fingerprint density at radius 3 is 2.64 bits per heavy atom. The van der Waals surface area contributed by atoms with Crippen LogP contribution in [0.3, 0.4) is 0 Å². The number of ether oxygens (including phenoxy) is 1. The fraction of sp³-hybridized carbons (Fsp3) is 0.222. The monoisotopic (exact) mass is 297 g/mol. The van der Waals surface area contributed by atoms with Crippen molar-refractivity contribution in [1.82, 2.24) is 0 Å². The molecule has 1 N–H and O–H groups in total. The van der Waals surface area contributed by atoms with Gasteiger partial charge in [-0.05, 0) is 37.0 Å². The predicted molar refractivity (Wildman–Crippen MR) is 86.2 cm³/mol. The highest BCUT2D eigenvalue weighted by molar-refractivity contribution is 5.86. The molecule has 0 unspecified atom stereocenters. The Morgan fingerprint density at radius 1 is 1.05 bits per heavy atom. The van der Waals surface area contributed by atoms with Crippen molar-refractivity contribution in [2.24, 2.45) is 0 Å². The van der Waals surface area contributed by atoms with E-state index >= 15 is 0 Å². The van der Waals surface area contributed by atoms with E-state index in [0.29, 0.717) is 17.9 Å². The van der Waals surface area contributed by atoms with Crippen LogP contribution in [0.5, 0.6) is 0 Å². The molecule has 0 aliphatic carbocycles. The molecule has 0 aliphatic rings. The summed E-state index contributed by atoms with van der Waals surface area (Å²) in [7, 11) is 0. The van der Waals surface area contributed by atoms with E-state index in [1.54, 1.807) is 24.3 Å². The summed E-state index contributed by atoms with van der Waals surface area (Å²) < 4.78 is 5.12. The number of rotatable bonds is 7. The van der Waals surface area contributed by atoms with Gasteiger partial charge in [-0.15, -0.1) is 0 Å². The zero-order valence-corrected chi connectivity index (χ0v) is 12.3. The molecular formula is C18H19NO3. The molecule has 0 radical (unpaired) electrons. The highest BCUT2D eigenvalue weighted by atomic mass is 16.5. The number of anilines is 1. The van der Waals surface area contributed by atoms with E-state index < -0.39 is 6.09 Å². The largest absolute Gasteiger partial charge is 0.449 e. The molecule has 0 saturated carbocycles. The Morgan fingerprint density at radius 2 is 1.86 bits per heavy atom. The molecule has 4 heteroatoms. The van der Waals surface area contributed by atoms with Gasteiger partial charge in [-0.1, -0.05) is 42.5 Å². The van der Waals surface area contributed by atoms with Gasteiger partial charge in [-0.2, -0.15) is 0 Å². The average Bonchev–Trinajstić information content (AvgIpc) is 2.55. The van der Waals surface area contributed by atoms with Crippen molar-refractivity contribution >= 4 is 18.1 Å². The number of carbonyl (C=O) groups is 2. The molecule has 4 nitrogen and oxygen atoms in total. The first-order valence-corrected chi connectivity index (χ1v) is 7.31. The predicted octanol–water partition coefficient (Wildman–Crippen LogP) is 4.07. The first kappa shape index (κ1) is 15.8. The minimum atomic E-state index is -0.497. The third kappa shape index (κ3) is 5.40. The number of hydrogen-bond acceptors (Lipinski definition) is 3. The summed E-state index contributed by atoms with van der Waals surface area (Å²) in [5, 5.41) is 2.61. The summed E-state index contributed by atoms with van der Waals surface area (Å²) in [5.74, 6) is 0. The second-order valence-corrected chi connectivity index (χ2v) is 4.95. The summed E-state index contributed by atoms with van der Waals surface area (Å²) in [6.07, 6.45) is 3.00. The molecule has 0 aromatic heterocycles. The summed E-state index contributed by atoms with van der Waals surface area (Å²) in [6.45, 7) is 0.381. The van der Waals surface area contributed by atoms with Gasteiger partial charge >= 0.3 is 6.09 Å². The van der Waals surface area contributed by atoms with Crippen LogP contribution in [0.15, 0.2) is 54.6 Å². The van der Waals surface area contributed by atoms with Crippen LogP contribution in [0, 0.1) is 0 Å². The SMILES string of the molecule is O=Cc1cccc(NC(=O)OCCCCc2ccccc2)c1. The maximum absolute atomic E-state index is 11.6. The van der Waals surface area contributed by atoms with E-state index in [1.807, 2.05) is 18.2 Å². The molecule has 0 saturated heterocycles. The molecule has 114 valence electrons. The Hall–Kier alpha value is -2.62. The van der Waals surface area contributed by atoms with Crippen molar-refractivity contribution in [3.63, 3.8) is 0 Å². The Balaban J connectivity index is 1.64. The highest BCUT2D eigenvalue weighted by Crippen LogP contribution is 2.10. The van der Waals surface area contributed by atoms with Gasteiger partial charge in [0.2, 0.25) is 0 Å². The molecule has 0 fully saturated rings. The maximum Gasteiger partial charge on any atom is 0.411 e. The third-order valence-electron chi connectivity index (χ3n) is 3.20. The van der Waals surface area contributed by atoms with Crippen LogP contribution in [0.2, 0.25) is 0 Å². The van der Waals surface area contributed by atoms with Crippen LogP contribution in [-0.4, -0.2) is 19.0 Å². The van der Waals surface area contributed by atoms with E-state index in [1.165, 1.54) is 5.56 Å². The van der Waals surface area contributed by atoms with Gasteiger partial charge < -0.3 is 4.74 Å². The van der Waals surface area contributed by atoms with Crippen LogP contribution in [0.1, 0.15) is 28.8 Å². The fourth-order valence-electron chi connectivity index (χ4n) is 2.08. The van der Waals surface area contributed by atoms with Gasteiger partial charge in [0.1, 0.15) is 6.29 Å². The Labute approximate surface area is 130 Å². The van der Waals surface area contributed by atoms with E-state index in [4.69, 9.17) is 4.74 Å². The smallest absolute Gasteiger partial charge is 0.411 e. The molecule has 0 atom stereocenters. The summed E-state index contributed by atoms with van der Waals surface area (Å²) in [5.41, 5.74) is 2.36. The zero-order valence-electron chi connectivity index (χ0n) is 12.3. The van der Waals surface area contributed by atoms with Gasteiger partial charge in [-0.3, -0.25) is 10.1 Å². The molecule has 0 aliphatic heterocycles. The quantitative estimate of drug-likeness (QED) is 0.619. The molecule has 22 heavy (non-hydrogen) atoms. The number of aryl methyl sites for hydroxylation is 1. The maximum atomic E-state index is 11.6. The van der Waals surface area contributed by atoms with E-state index in [2.05, 4.69) is 17.4 Å². The normalized spacial score (nSPS) is 10.0. The van der Waals surface area contributed by atoms with Crippen molar-refractivity contribution in [3.05, 3.63) is 65.7 Å². The first-order valence-electron chi connectivity index (χ1n) is 7.31. The average molecular weight is 297 g/mol. The molecular weight excluding hydrogens is 278 g/mol. The van der Waals surface area contributed by atoms with Crippen molar-refractivity contribution in [3.8, 4) is 0 Å². The van der Waals surface area contributed by atoms with Crippen molar-refractivity contribution in [1.29, 1.82) is 0 Å². The minimum absolute atomic E-state index is 0.381. The van der Waals surface area contributed by atoms with Gasteiger partial charge in [0.25, 0.3) is 0 Å². The number of amides is 1. The molecule has 1 amide bonds. The summed E-state index contributed by atoms with van der Waals surface area (Å²) in [4.78, 5) is 22.3. The van der Waals surface area contributed by atoms with Gasteiger partial charge in [-0.25, -0.2) is 4.79 Å². The van der Waals surface area contributed by atoms with Crippen LogP contribution in [0.4, 0.5) is 10.5 Å². The number of benzene rings is 2. The van der Waals surface area contributed by atoms with Gasteiger partial charge in [0.15, 0.2) is 0 Å².